The Hall–Kier alpha value is -1.93. The van der Waals surface area contributed by atoms with Crippen molar-refractivity contribution in [1.29, 1.82) is 0 Å². The van der Waals surface area contributed by atoms with E-state index in [-0.39, 0.29) is 6.42 Å². The third-order valence-corrected chi connectivity index (χ3v) is 3.79. The maximum Gasteiger partial charge on any atom is 0.294 e. The van der Waals surface area contributed by atoms with Gasteiger partial charge in [-0.3, -0.25) is 0 Å². The van der Waals surface area contributed by atoms with Crippen molar-refractivity contribution in [3.05, 3.63) is 44.7 Å². The van der Waals surface area contributed by atoms with Crippen LogP contribution in [-0.4, -0.2) is 20.5 Å². The van der Waals surface area contributed by atoms with Crippen LogP contribution in [0.5, 0.6) is 0 Å². The summed E-state index contributed by atoms with van der Waals surface area (Å²) in [6.07, 6.45) is -0.316. The van der Waals surface area contributed by atoms with Crippen LogP contribution in [0.1, 0.15) is 18.3 Å². The van der Waals surface area contributed by atoms with Gasteiger partial charge in [-0.2, -0.15) is 4.37 Å². The molecule has 1 aromatic carbocycles. The number of benzene rings is 1. The SMILES string of the molecule is Cc1c(Cl)cccc1Nc1nc(CC(C)O[N+](=O)[O-])ns1. The van der Waals surface area contributed by atoms with Gasteiger partial charge in [0.25, 0.3) is 5.09 Å². The minimum absolute atomic E-state index is 0.272. The summed E-state index contributed by atoms with van der Waals surface area (Å²) in [4.78, 5) is 18.9. The number of hydrogen-bond donors (Lipinski definition) is 1. The fourth-order valence-corrected chi connectivity index (χ4v) is 2.47. The van der Waals surface area contributed by atoms with Crippen LogP contribution in [0, 0.1) is 17.0 Å². The molecule has 2 rings (SSSR count). The number of aromatic nitrogens is 2. The zero-order valence-electron chi connectivity index (χ0n) is 11.4. The van der Waals surface area contributed by atoms with Crippen LogP contribution >= 0.6 is 23.1 Å². The molecule has 0 aliphatic carbocycles. The maximum atomic E-state index is 10.2. The summed E-state index contributed by atoms with van der Waals surface area (Å²) >= 11 is 7.23. The van der Waals surface area contributed by atoms with Crippen molar-refractivity contribution in [2.75, 3.05) is 5.32 Å². The van der Waals surface area contributed by atoms with Gasteiger partial charge in [-0.1, -0.05) is 17.7 Å². The molecule has 7 nitrogen and oxygen atoms in total. The molecule has 0 fully saturated rings. The molecule has 0 amide bonds. The Balaban J connectivity index is 2.03. The van der Waals surface area contributed by atoms with E-state index in [9.17, 15) is 10.1 Å². The lowest BCUT2D eigenvalue weighted by atomic mass is 10.2. The lowest BCUT2D eigenvalue weighted by molar-refractivity contribution is -0.767. The number of hydrogen-bond acceptors (Lipinski definition) is 7. The Kier molecular flexibility index (Phi) is 4.92. The molecule has 1 atom stereocenters. The fraction of sp³-hybridized carbons (Fsp3) is 0.333. The molecule has 0 saturated carbocycles. The van der Waals surface area contributed by atoms with Crippen molar-refractivity contribution in [1.82, 2.24) is 9.36 Å². The molecule has 0 aliphatic heterocycles. The normalized spacial score (nSPS) is 12.0. The number of rotatable bonds is 6. The van der Waals surface area contributed by atoms with E-state index < -0.39 is 11.2 Å². The summed E-state index contributed by atoms with van der Waals surface area (Å²) < 4.78 is 4.14. The van der Waals surface area contributed by atoms with Crippen LogP contribution in [0.3, 0.4) is 0 Å². The van der Waals surface area contributed by atoms with Gasteiger partial charge in [0.15, 0.2) is 0 Å². The largest absolute Gasteiger partial charge is 0.330 e. The fourth-order valence-electron chi connectivity index (χ4n) is 1.69. The van der Waals surface area contributed by atoms with E-state index >= 15 is 0 Å². The van der Waals surface area contributed by atoms with Crippen LogP contribution in [0.25, 0.3) is 0 Å². The highest BCUT2D eigenvalue weighted by Crippen LogP contribution is 2.26. The van der Waals surface area contributed by atoms with Gasteiger partial charge in [-0.25, -0.2) is 4.98 Å². The quantitative estimate of drug-likeness (QED) is 0.645. The molecular weight excluding hydrogens is 316 g/mol. The van der Waals surface area contributed by atoms with Gasteiger partial charge in [-0.05, 0) is 31.5 Å². The third-order valence-electron chi connectivity index (χ3n) is 2.71. The summed E-state index contributed by atoms with van der Waals surface area (Å²) in [6.45, 7) is 3.50. The zero-order valence-corrected chi connectivity index (χ0v) is 12.9. The Morgan fingerprint density at radius 3 is 3.05 bits per heavy atom. The Bertz CT molecular complexity index is 649. The van der Waals surface area contributed by atoms with Gasteiger partial charge in [0.05, 0.1) is 0 Å². The van der Waals surface area contributed by atoms with Gasteiger partial charge in [0, 0.05) is 28.7 Å². The first-order valence-electron chi connectivity index (χ1n) is 6.11. The number of nitrogens with zero attached hydrogens (tertiary/aromatic N) is 3. The summed E-state index contributed by atoms with van der Waals surface area (Å²) in [5, 5.41) is 13.8. The van der Waals surface area contributed by atoms with Crippen molar-refractivity contribution in [2.24, 2.45) is 0 Å². The first-order valence-corrected chi connectivity index (χ1v) is 7.26. The molecule has 0 aliphatic rings. The molecular formula is C12H13ClN4O3S. The third kappa shape index (κ3) is 4.27. The number of nitrogens with one attached hydrogen (secondary N) is 1. The first-order chi connectivity index (χ1) is 9.95. The molecule has 112 valence electrons. The van der Waals surface area contributed by atoms with E-state index in [1.165, 1.54) is 11.5 Å². The Morgan fingerprint density at radius 1 is 1.57 bits per heavy atom. The van der Waals surface area contributed by atoms with Gasteiger partial charge < -0.3 is 10.2 Å². The average Bonchev–Trinajstić information content (AvgIpc) is 2.81. The van der Waals surface area contributed by atoms with Crippen molar-refractivity contribution in [2.45, 2.75) is 26.4 Å². The average molecular weight is 329 g/mol. The van der Waals surface area contributed by atoms with E-state index in [0.717, 1.165) is 11.3 Å². The molecule has 1 N–H and O–H groups in total. The highest BCUT2D eigenvalue weighted by Gasteiger charge is 2.13. The van der Waals surface area contributed by atoms with Gasteiger partial charge in [0.2, 0.25) is 5.13 Å². The molecule has 9 heteroatoms. The molecule has 1 heterocycles. The smallest absolute Gasteiger partial charge is 0.294 e. The molecule has 2 aromatic rings. The van der Waals surface area contributed by atoms with E-state index in [1.54, 1.807) is 6.92 Å². The lowest BCUT2D eigenvalue weighted by Gasteiger charge is -2.07. The maximum absolute atomic E-state index is 10.2. The van der Waals surface area contributed by atoms with Gasteiger partial charge >= 0.3 is 0 Å². The van der Waals surface area contributed by atoms with Gasteiger partial charge in [-0.15, -0.1) is 10.1 Å². The van der Waals surface area contributed by atoms with Crippen LogP contribution in [-0.2, 0) is 11.3 Å². The minimum Gasteiger partial charge on any atom is -0.330 e. The highest BCUT2D eigenvalue weighted by molar-refractivity contribution is 7.09. The minimum atomic E-state index is -0.814. The second kappa shape index (κ2) is 6.68. The standard InChI is InChI=1S/C12H13ClN4O3S/c1-7(20-17(18)19)6-11-15-12(21-16-11)14-10-5-3-4-9(13)8(10)2/h3-5,7H,6H2,1-2H3,(H,14,15,16). The van der Waals surface area contributed by atoms with Crippen LogP contribution in [0.4, 0.5) is 10.8 Å². The Morgan fingerprint density at radius 2 is 2.33 bits per heavy atom. The predicted octanol–water partition coefficient (Wildman–Crippen LogP) is 3.38. The van der Waals surface area contributed by atoms with Crippen LogP contribution in [0.15, 0.2) is 18.2 Å². The molecule has 1 unspecified atom stereocenters. The van der Waals surface area contributed by atoms with Crippen LogP contribution in [0.2, 0.25) is 5.02 Å². The first kappa shape index (κ1) is 15.5. The second-order valence-corrected chi connectivity index (χ2v) is 5.56. The van der Waals surface area contributed by atoms with E-state index in [1.807, 2.05) is 25.1 Å². The van der Waals surface area contributed by atoms with E-state index in [2.05, 4.69) is 19.5 Å². The monoisotopic (exact) mass is 328 g/mol. The molecule has 0 bridgehead atoms. The molecule has 0 radical (unpaired) electrons. The Labute approximate surface area is 130 Å². The molecule has 21 heavy (non-hydrogen) atoms. The predicted molar refractivity (Wildman–Crippen MR) is 80.6 cm³/mol. The highest BCUT2D eigenvalue weighted by atomic mass is 35.5. The van der Waals surface area contributed by atoms with Crippen molar-refractivity contribution in [3.8, 4) is 0 Å². The topological polar surface area (TPSA) is 90.2 Å². The van der Waals surface area contributed by atoms with Crippen molar-refractivity contribution < 1.29 is 9.92 Å². The second-order valence-electron chi connectivity index (χ2n) is 4.40. The van der Waals surface area contributed by atoms with Gasteiger partial charge in [0.1, 0.15) is 11.9 Å². The zero-order chi connectivity index (χ0) is 15.4. The van der Waals surface area contributed by atoms with E-state index in [4.69, 9.17) is 11.6 Å². The van der Waals surface area contributed by atoms with Crippen molar-refractivity contribution >= 4 is 34.0 Å². The lowest BCUT2D eigenvalue weighted by Crippen LogP contribution is -2.16. The number of halogens is 1. The van der Waals surface area contributed by atoms with Crippen molar-refractivity contribution in [3.63, 3.8) is 0 Å². The summed E-state index contributed by atoms with van der Waals surface area (Å²) in [5.74, 6) is 0.497. The molecule has 0 saturated heterocycles. The summed E-state index contributed by atoms with van der Waals surface area (Å²) in [5.41, 5.74) is 1.76. The molecule has 1 aromatic heterocycles. The summed E-state index contributed by atoms with van der Waals surface area (Å²) in [6, 6.07) is 5.54. The number of anilines is 2. The van der Waals surface area contributed by atoms with Crippen LogP contribution < -0.4 is 5.32 Å². The van der Waals surface area contributed by atoms with E-state index in [0.29, 0.717) is 16.0 Å². The summed E-state index contributed by atoms with van der Waals surface area (Å²) in [7, 11) is 0. The molecule has 0 spiro atoms.